The zero-order chi connectivity index (χ0) is 13.9. The van der Waals surface area contributed by atoms with Gasteiger partial charge in [0, 0.05) is 6.04 Å². The van der Waals surface area contributed by atoms with Crippen molar-refractivity contribution in [2.45, 2.75) is 51.1 Å². The minimum Gasteiger partial charge on any atom is -0.351 e. The van der Waals surface area contributed by atoms with Crippen molar-refractivity contribution < 1.29 is 4.79 Å². The fourth-order valence-corrected chi connectivity index (χ4v) is 2.66. The summed E-state index contributed by atoms with van der Waals surface area (Å²) in [7, 11) is 0. The second-order valence-corrected chi connectivity index (χ2v) is 6.00. The van der Waals surface area contributed by atoms with E-state index in [0.29, 0.717) is 0 Å². The number of carbonyl (C=O) groups is 1. The third-order valence-corrected chi connectivity index (χ3v) is 4.20. The van der Waals surface area contributed by atoms with Crippen LogP contribution in [0.1, 0.15) is 45.1 Å². The summed E-state index contributed by atoms with van der Waals surface area (Å²) in [6.45, 7) is 4.05. The van der Waals surface area contributed by atoms with Crippen LogP contribution in [0.2, 0.25) is 0 Å². The fourth-order valence-electron chi connectivity index (χ4n) is 2.66. The van der Waals surface area contributed by atoms with Gasteiger partial charge in [0.15, 0.2) is 0 Å². The van der Waals surface area contributed by atoms with Gasteiger partial charge in [0.25, 0.3) is 0 Å². The summed E-state index contributed by atoms with van der Waals surface area (Å²) in [6, 6.07) is 9.85. The summed E-state index contributed by atoms with van der Waals surface area (Å²) in [6.07, 6.45) is 4.52. The van der Waals surface area contributed by atoms with Crippen molar-refractivity contribution in [3.05, 3.63) is 35.9 Å². The van der Waals surface area contributed by atoms with Gasteiger partial charge in [0.2, 0.25) is 5.91 Å². The Labute approximate surface area is 127 Å². The Hall–Kier alpha value is -1.06. The summed E-state index contributed by atoms with van der Waals surface area (Å²) in [5.41, 5.74) is 6.12. The van der Waals surface area contributed by atoms with E-state index in [0.717, 1.165) is 24.3 Å². The number of amides is 1. The van der Waals surface area contributed by atoms with E-state index in [4.69, 9.17) is 5.73 Å². The molecule has 1 aromatic carbocycles. The van der Waals surface area contributed by atoms with E-state index in [2.05, 4.69) is 12.2 Å². The highest BCUT2D eigenvalue weighted by molar-refractivity contribution is 5.87. The molecule has 1 atom stereocenters. The van der Waals surface area contributed by atoms with Gasteiger partial charge in [-0.3, -0.25) is 4.79 Å². The first-order valence-electron chi connectivity index (χ1n) is 7.15. The Morgan fingerprint density at radius 3 is 2.30 bits per heavy atom. The van der Waals surface area contributed by atoms with Gasteiger partial charge in [0.1, 0.15) is 5.54 Å². The summed E-state index contributed by atoms with van der Waals surface area (Å²) in [5.74, 6) is 0.713. The summed E-state index contributed by atoms with van der Waals surface area (Å²) >= 11 is 0. The van der Waals surface area contributed by atoms with E-state index in [1.807, 2.05) is 30.3 Å². The Morgan fingerprint density at radius 2 is 1.75 bits per heavy atom. The normalized spacial score (nSPS) is 25.1. The van der Waals surface area contributed by atoms with Crippen LogP contribution < -0.4 is 11.1 Å². The minimum atomic E-state index is -0.954. The molecule has 20 heavy (non-hydrogen) atoms. The van der Waals surface area contributed by atoms with E-state index < -0.39 is 5.54 Å². The lowest BCUT2D eigenvalue weighted by atomic mass is 9.86. The number of halogens is 1. The fraction of sp³-hybridized carbons (Fsp3) is 0.562. The van der Waals surface area contributed by atoms with Crippen molar-refractivity contribution >= 4 is 18.3 Å². The number of carbonyl (C=O) groups excluding carboxylic acids is 1. The van der Waals surface area contributed by atoms with Crippen LogP contribution in [0.5, 0.6) is 0 Å². The van der Waals surface area contributed by atoms with Crippen molar-refractivity contribution in [2.75, 3.05) is 0 Å². The Kier molecular flexibility index (Phi) is 6.03. The first-order valence-corrected chi connectivity index (χ1v) is 7.15. The lowest BCUT2D eigenvalue weighted by molar-refractivity contribution is -0.127. The first-order chi connectivity index (χ1) is 9.00. The van der Waals surface area contributed by atoms with Crippen LogP contribution in [-0.2, 0) is 10.3 Å². The Morgan fingerprint density at radius 1 is 1.20 bits per heavy atom. The maximum Gasteiger partial charge on any atom is 0.244 e. The monoisotopic (exact) mass is 296 g/mol. The second kappa shape index (κ2) is 7.09. The molecular formula is C16H25ClN2O. The zero-order valence-corrected chi connectivity index (χ0v) is 13.1. The third kappa shape index (κ3) is 3.97. The van der Waals surface area contributed by atoms with Gasteiger partial charge in [-0.05, 0) is 44.1 Å². The number of hydrogen-bond acceptors (Lipinski definition) is 2. The minimum absolute atomic E-state index is 0. The standard InChI is InChI=1S/C16H24N2O.ClH/c1-12-8-10-14(11-9-12)18-15(19)16(2,17)13-6-4-3-5-7-13;/h3-7,12,14H,8-11,17H2,1-2H3,(H,18,19);1H. The molecule has 1 saturated carbocycles. The average Bonchev–Trinajstić information content (AvgIpc) is 2.42. The maximum atomic E-state index is 12.4. The number of nitrogens with one attached hydrogen (secondary N) is 1. The van der Waals surface area contributed by atoms with E-state index >= 15 is 0 Å². The van der Waals surface area contributed by atoms with Gasteiger partial charge in [-0.1, -0.05) is 37.3 Å². The number of hydrogen-bond donors (Lipinski definition) is 2. The molecule has 1 unspecified atom stereocenters. The molecule has 4 heteroatoms. The van der Waals surface area contributed by atoms with Crippen LogP contribution in [0.25, 0.3) is 0 Å². The number of benzene rings is 1. The van der Waals surface area contributed by atoms with Crippen LogP contribution in [0, 0.1) is 5.92 Å². The third-order valence-electron chi connectivity index (χ3n) is 4.20. The van der Waals surface area contributed by atoms with Crippen molar-refractivity contribution in [3.63, 3.8) is 0 Å². The molecular weight excluding hydrogens is 272 g/mol. The molecule has 1 amide bonds. The van der Waals surface area contributed by atoms with Crippen LogP contribution in [-0.4, -0.2) is 11.9 Å². The highest BCUT2D eigenvalue weighted by Crippen LogP contribution is 2.25. The van der Waals surface area contributed by atoms with Crippen LogP contribution in [0.4, 0.5) is 0 Å². The molecule has 2 rings (SSSR count). The van der Waals surface area contributed by atoms with Crippen LogP contribution in [0.3, 0.4) is 0 Å². The molecule has 1 aliphatic rings. The molecule has 0 spiro atoms. The molecule has 0 aliphatic heterocycles. The van der Waals surface area contributed by atoms with Crippen molar-refractivity contribution in [3.8, 4) is 0 Å². The Bertz CT molecular complexity index is 425. The van der Waals surface area contributed by atoms with Crippen molar-refractivity contribution in [1.82, 2.24) is 5.32 Å². The van der Waals surface area contributed by atoms with Crippen LogP contribution >= 0.6 is 12.4 Å². The van der Waals surface area contributed by atoms with Crippen LogP contribution in [0.15, 0.2) is 30.3 Å². The molecule has 0 radical (unpaired) electrons. The van der Waals surface area contributed by atoms with Gasteiger partial charge in [-0.2, -0.15) is 0 Å². The van der Waals surface area contributed by atoms with E-state index in [9.17, 15) is 4.79 Å². The molecule has 0 saturated heterocycles. The van der Waals surface area contributed by atoms with Crippen molar-refractivity contribution in [1.29, 1.82) is 0 Å². The van der Waals surface area contributed by atoms with Gasteiger partial charge in [-0.15, -0.1) is 12.4 Å². The summed E-state index contributed by atoms with van der Waals surface area (Å²) in [4.78, 5) is 12.4. The van der Waals surface area contributed by atoms with E-state index in [-0.39, 0.29) is 24.4 Å². The quantitative estimate of drug-likeness (QED) is 0.901. The molecule has 0 bridgehead atoms. The van der Waals surface area contributed by atoms with Gasteiger partial charge >= 0.3 is 0 Å². The topological polar surface area (TPSA) is 55.1 Å². The van der Waals surface area contributed by atoms with E-state index in [1.54, 1.807) is 6.92 Å². The Balaban J connectivity index is 0.00000200. The van der Waals surface area contributed by atoms with Gasteiger partial charge in [-0.25, -0.2) is 0 Å². The molecule has 1 fully saturated rings. The molecule has 112 valence electrons. The molecule has 0 aromatic heterocycles. The zero-order valence-electron chi connectivity index (χ0n) is 12.3. The molecule has 1 aromatic rings. The lowest BCUT2D eigenvalue weighted by Gasteiger charge is -2.31. The van der Waals surface area contributed by atoms with Gasteiger partial charge in [0.05, 0.1) is 0 Å². The maximum absolute atomic E-state index is 12.4. The van der Waals surface area contributed by atoms with Gasteiger partial charge < -0.3 is 11.1 Å². The molecule has 0 heterocycles. The highest BCUT2D eigenvalue weighted by Gasteiger charge is 2.32. The average molecular weight is 297 g/mol. The number of rotatable bonds is 3. The SMILES string of the molecule is CC1CCC(NC(=O)C(C)(N)c2ccccc2)CC1.Cl. The smallest absolute Gasteiger partial charge is 0.244 e. The first kappa shape index (κ1) is 17.0. The second-order valence-electron chi connectivity index (χ2n) is 6.00. The molecule has 3 N–H and O–H groups in total. The number of nitrogens with two attached hydrogens (primary N) is 1. The summed E-state index contributed by atoms with van der Waals surface area (Å²) in [5, 5.41) is 3.11. The highest BCUT2D eigenvalue weighted by atomic mass is 35.5. The summed E-state index contributed by atoms with van der Waals surface area (Å²) < 4.78 is 0. The predicted octanol–water partition coefficient (Wildman–Crippen LogP) is 2.98. The lowest BCUT2D eigenvalue weighted by Crippen LogP contribution is -2.52. The molecule has 1 aliphatic carbocycles. The van der Waals surface area contributed by atoms with E-state index in [1.165, 1.54) is 12.8 Å². The molecule has 3 nitrogen and oxygen atoms in total. The predicted molar refractivity (Wildman–Crippen MR) is 84.8 cm³/mol. The largest absolute Gasteiger partial charge is 0.351 e. The van der Waals surface area contributed by atoms with Crippen molar-refractivity contribution in [2.24, 2.45) is 11.7 Å².